The molecule has 1 aliphatic rings. The molecule has 28 heavy (non-hydrogen) atoms. The highest BCUT2D eigenvalue weighted by Gasteiger charge is 2.29. The number of aromatic nitrogens is 5. The van der Waals surface area contributed by atoms with E-state index < -0.39 is 0 Å². The van der Waals surface area contributed by atoms with Crippen LogP contribution in [0.1, 0.15) is 28.0 Å². The minimum atomic E-state index is -0.302. The Labute approximate surface area is 160 Å². The molecule has 1 atom stereocenters. The molecule has 0 bridgehead atoms. The number of para-hydroxylation sites is 1. The van der Waals surface area contributed by atoms with Gasteiger partial charge in [0.25, 0.3) is 11.7 Å². The van der Waals surface area contributed by atoms with Crippen LogP contribution in [0.25, 0.3) is 16.7 Å². The summed E-state index contributed by atoms with van der Waals surface area (Å²) in [6.07, 6.45) is 1.17. The van der Waals surface area contributed by atoms with E-state index in [2.05, 4.69) is 20.1 Å². The summed E-state index contributed by atoms with van der Waals surface area (Å²) in [7, 11) is 0. The van der Waals surface area contributed by atoms with Gasteiger partial charge in [-0.2, -0.15) is 14.6 Å². The zero-order valence-corrected chi connectivity index (χ0v) is 15.3. The maximum absolute atomic E-state index is 13.1. The number of carbonyl (C=O) groups excluding carboxylic acids is 1. The summed E-state index contributed by atoms with van der Waals surface area (Å²) >= 11 is 0. The molecule has 1 amide bonds. The smallest absolute Gasteiger partial charge is 0.272 e. The first-order valence-corrected chi connectivity index (χ1v) is 9.13. The third-order valence-corrected chi connectivity index (χ3v) is 4.91. The second kappa shape index (κ2) is 6.65. The van der Waals surface area contributed by atoms with Crippen molar-refractivity contribution in [2.45, 2.75) is 13.0 Å². The molecule has 0 saturated carbocycles. The van der Waals surface area contributed by atoms with Gasteiger partial charge in [-0.3, -0.25) is 4.79 Å². The molecule has 1 unspecified atom stereocenters. The standard InChI is InChI=1S/C20H18N6O2/c1-13-10-17(26-20(23-13)21-12-22-26)18-11-25(8-9-28-18)19(27)16-7-6-14-4-2-3-5-15(14)24-16/h2-7,10,12,18H,8-9,11H2,1H3. The number of nitrogens with zero attached hydrogens (tertiary/aromatic N) is 6. The van der Waals surface area contributed by atoms with Crippen molar-refractivity contribution in [3.05, 3.63) is 65.9 Å². The number of hydrogen-bond acceptors (Lipinski definition) is 6. The van der Waals surface area contributed by atoms with Gasteiger partial charge in [0.15, 0.2) is 0 Å². The molecule has 4 heterocycles. The monoisotopic (exact) mass is 374 g/mol. The lowest BCUT2D eigenvalue weighted by atomic mass is 10.1. The molecule has 1 fully saturated rings. The molecule has 8 nitrogen and oxygen atoms in total. The molecular weight excluding hydrogens is 356 g/mol. The number of aryl methyl sites for hydroxylation is 1. The van der Waals surface area contributed by atoms with Crippen LogP contribution >= 0.6 is 0 Å². The predicted octanol–water partition coefficient (Wildman–Crippen LogP) is 2.19. The maximum atomic E-state index is 13.1. The van der Waals surface area contributed by atoms with Gasteiger partial charge in [-0.1, -0.05) is 24.3 Å². The topological polar surface area (TPSA) is 85.5 Å². The van der Waals surface area contributed by atoms with Crippen LogP contribution in [0.2, 0.25) is 0 Å². The first-order chi connectivity index (χ1) is 13.7. The molecule has 4 aromatic rings. The van der Waals surface area contributed by atoms with Crippen LogP contribution in [-0.2, 0) is 4.74 Å². The first-order valence-electron chi connectivity index (χ1n) is 9.13. The highest BCUT2D eigenvalue weighted by Crippen LogP contribution is 2.24. The third-order valence-electron chi connectivity index (χ3n) is 4.91. The Morgan fingerprint density at radius 3 is 3.00 bits per heavy atom. The summed E-state index contributed by atoms with van der Waals surface area (Å²) in [4.78, 5) is 27.9. The second-order valence-electron chi connectivity index (χ2n) is 6.79. The molecule has 3 aromatic heterocycles. The first kappa shape index (κ1) is 16.8. The number of pyridine rings is 1. The zero-order valence-electron chi connectivity index (χ0n) is 15.3. The van der Waals surface area contributed by atoms with E-state index in [0.717, 1.165) is 22.3 Å². The van der Waals surface area contributed by atoms with Gasteiger partial charge in [-0.25, -0.2) is 9.97 Å². The second-order valence-corrected chi connectivity index (χ2v) is 6.79. The quantitative estimate of drug-likeness (QED) is 0.535. The average Bonchev–Trinajstić information content (AvgIpc) is 3.20. The summed E-state index contributed by atoms with van der Waals surface area (Å²) in [6, 6.07) is 13.4. The largest absolute Gasteiger partial charge is 0.368 e. The Balaban J connectivity index is 1.44. The van der Waals surface area contributed by atoms with E-state index in [-0.39, 0.29) is 12.0 Å². The van der Waals surface area contributed by atoms with Crippen LogP contribution in [0.5, 0.6) is 0 Å². The highest BCUT2D eigenvalue weighted by molar-refractivity contribution is 5.95. The van der Waals surface area contributed by atoms with Gasteiger partial charge in [0.2, 0.25) is 0 Å². The summed E-state index contributed by atoms with van der Waals surface area (Å²) < 4.78 is 7.62. The molecule has 1 saturated heterocycles. The number of morpholine rings is 1. The highest BCUT2D eigenvalue weighted by atomic mass is 16.5. The Bertz CT molecular complexity index is 1190. The van der Waals surface area contributed by atoms with Gasteiger partial charge in [0.05, 0.1) is 24.4 Å². The van der Waals surface area contributed by atoms with Crippen molar-refractivity contribution in [3.8, 4) is 0 Å². The third kappa shape index (κ3) is 2.87. The van der Waals surface area contributed by atoms with Gasteiger partial charge < -0.3 is 9.64 Å². The molecule has 0 aliphatic carbocycles. The van der Waals surface area contributed by atoms with Crippen LogP contribution in [0.3, 0.4) is 0 Å². The summed E-state index contributed by atoms with van der Waals surface area (Å²) in [5, 5.41) is 5.26. The minimum absolute atomic E-state index is 0.0975. The SMILES string of the molecule is Cc1cc(C2CN(C(=O)c3ccc4ccccc4n3)CCO2)n2ncnc2n1. The maximum Gasteiger partial charge on any atom is 0.272 e. The van der Waals surface area contributed by atoms with Crippen molar-refractivity contribution in [1.82, 2.24) is 29.5 Å². The van der Waals surface area contributed by atoms with E-state index in [1.807, 2.05) is 43.3 Å². The normalized spacial score (nSPS) is 17.3. The molecule has 0 radical (unpaired) electrons. The average molecular weight is 374 g/mol. The van der Waals surface area contributed by atoms with Crippen molar-refractivity contribution < 1.29 is 9.53 Å². The lowest BCUT2D eigenvalue weighted by Gasteiger charge is -2.33. The van der Waals surface area contributed by atoms with Gasteiger partial charge in [0, 0.05) is 17.6 Å². The molecule has 5 rings (SSSR count). The van der Waals surface area contributed by atoms with Crippen LogP contribution in [-0.4, -0.2) is 55.1 Å². The van der Waals surface area contributed by atoms with Gasteiger partial charge >= 0.3 is 0 Å². The molecule has 1 aliphatic heterocycles. The zero-order chi connectivity index (χ0) is 19.1. The Kier molecular flexibility index (Phi) is 3.98. The van der Waals surface area contributed by atoms with Crippen LogP contribution < -0.4 is 0 Å². The number of rotatable bonds is 2. The summed E-state index contributed by atoms with van der Waals surface area (Å²) in [5.41, 5.74) is 2.92. The van der Waals surface area contributed by atoms with E-state index in [1.165, 1.54) is 6.33 Å². The van der Waals surface area contributed by atoms with Crippen molar-refractivity contribution in [2.75, 3.05) is 19.7 Å². The van der Waals surface area contributed by atoms with Crippen LogP contribution in [0, 0.1) is 6.92 Å². The van der Waals surface area contributed by atoms with Crippen molar-refractivity contribution in [2.24, 2.45) is 0 Å². The fourth-order valence-corrected chi connectivity index (χ4v) is 3.55. The number of benzene rings is 1. The predicted molar refractivity (Wildman–Crippen MR) is 102 cm³/mol. The molecule has 8 heteroatoms. The van der Waals surface area contributed by atoms with E-state index >= 15 is 0 Å². The van der Waals surface area contributed by atoms with Crippen LogP contribution in [0.4, 0.5) is 0 Å². The van der Waals surface area contributed by atoms with E-state index in [1.54, 1.807) is 15.5 Å². The Morgan fingerprint density at radius 2 is 2.07 bits per heavy atom. The van der Waals surface area contributed by atoms with E-state index in [0.29, 0.717) is 31.2 Å². The summed E-state index contributed by atoms with van der Waals surface area (Å²) in [6.45, 7) is 3.30. The minimum Gasteiger partial charge on any atom is -0.368 e. The fraction of sp³-hybridized carbons (Fsp3) is 0.250. The number of carbonyl (C=O) groups is 1. The summed E-state index contributed by atoms with van der Waals surface area (Å²) in [5.74, 6) is 0.429. The number of hydrogen-bond donors (Lipinski definition) is 0. The molecular formula is C20H18N6O2. The van der Waals surface area contributed by atoms with Crippen molar-refractivity contribution >= 4 is 22.6 Å². The van der Waals surface area contributed by atoms with Gasteiger partial charge in [-0.15, -0.1) is 0 Å². The number of amides is 1. The molecule has 0 spiro atoms. The Morgan fingerprint density at radius 1 is 1.18 bits per heavy atom. The Hall–Kier alpha value is -3.39. The van der Waals surface area contributed by atoms with Crippen molar-refractivity contribution in [1.29, 1.82) is 0 Å². The van der Waals surface area contributed by atoms with Gasteiger partial charge in [0.1, 0.15) is 18.1 Å². The van der Waals surface area contributed by atoms with Crippen LogP contribution in [0.15, 0.2) is 48.8 Å². The number of ether oxygens (including phenoxy) is 1. The van der Waals surface area contributed by atoms with E-state index in [9.17, 15) is 4.79 Å². The molecule has 1 aromatic carbocycles. The molecule has 140 valence electrons. The van der Waals surface area contributed by atoms with Crippen molar-refractivity contribution in [3.63, 3.8) is 0 Å². The van der Waals surface area contributed by atoms with Gasteiger partial charge in [-0.05, 0) is 25.1 Å². The fourth-order valence-electron chi connectivity index (χ4n) is 3.55. The van der Waals surface area contributed by atoms with E-state index in [4.69, 9.17) is 4.74 Å². The number of fused-ring (bicyclic) bond motifs is 2. The lowest BCUT2D eigenvalue weighted by molar-refractivity contribution is -0.0258. The lowest BCUT2D eigenvalue weighted by Crippen LogP contribution is -2.43. The molecule has 0 N–H and O–H groups in total.